The first-order valence-corrected chi connectivity index (χ1v) is 5.28. The van der Waals surface area contributed by atoms with Crippen molar-refractivity contribution in [1.29, 1.82) is 0 Å². The highest BCUT2D eigenvalue weighted by Crippen LogP contribution is 2.20. The van der Waals surface area contributed by atoms with Crippen molar-refractivity contribution in [2.75, 3.05) is 0 Å². The predicted octanol–water partition coefficient (Wildman–Crippen LogP) is 2.22. The first kappa shape index (κ1) is 10.9. The molecule has 0 saturated heterocycles. The van der Waals surface area contributed by atoms with Crippen molar-refractivity contribution in [2.24, 2.45) is 5.73 Å². The minimum Gasteiger partial charge on any atom is -0.369 e. The fraction of sp³-hybridized carbons (Fsp3) is 0.167. The summed E-state index contributed by atoms with van der Waals surface area (Å²) >= 11 is 5.93. The van der Waals surface area contributed by atoms with Crippen LogP contribution in [0.3, 0.4) is 0 Å². The molecule has 82 valence electrons. The molecule has 3 nitrogen and oxygen atoms in total. The number of nitrogens with zero attached hydrogens (tertiary/aromatic N) is 1. The molecule has 0 radical (unpaired) electrons. The van der Waals surface area contributed by atoms with Crippen LogP contribution in [0, 0.1) is 6.92 Å². The Morgan fingerprint density at radius 1 is 1.44 bits per heavy atom. The molecule has 0 fully saturated rings. The third-order valence-electron chi connectivity index (χ3n) is 2.39. The summed E-state index contributed by atoms with van der Waals surface area (Å²) in [6.07, 6.45) is 0.248. The van der Waals surface area contributed by atoms with Crippen molar-refractivity contribution in [3.05, 3.63) is 40.5 Å². The molecule has 0 aliphatic carbocycles. The molecule has 2 aromatic rings. The molecule has 4 heteroatoms. The Balaban J connectivity index is 2.53. The van der Waals surface area contributed by atoms with Gasteiger partial charge < -0.3 is 5.73 Å². The van der Waals surface area contributed by atoms with Gasteiger partial charge in [0.2, 0.25) is 5.91 Å². The van der Waals surface area contributed by atoms with E-state index in [1.807, 2.05) is 31.2 Å². The fourth-order valence-corrected chi connectivity index (χ4v) is 1.76. The lowest BCUT2D eigenvalue weighted by atomic mass is 10.1. The minimum atomic E-state index is -0.335. The minimum absolute atomic E-state index is 0.248. The van der Waals surface area contributed by atoms with Crippen LogP contribution in [0.5, 0.6) is 0 Å². The first-order chi connectivity index (χ1) is 7.56. The second-order valence-corrected chi connectivity index (χ2v) is 4.12. The number of halogens is 1. The Hall–Kier alpha value is -1.61. The van der Waals surface area contributed by atoms with Crippen molar-refractivity contribution in [3.8, 4) is 0 Å². The highest BCUT2D eigenvalue weighted by molar-refractivity contribution is 6.30. The van der Waals surface area contributed by atoms with E-state index in [0.717, 1.165) is 22.0 Å². The molecule has 0 atom stereocenters. The maximum absolute atomic E-state index is 10.8. The number of carbonyl (C=O) groups excluding carboxylic acids is 1. The van der Waals surface area contributed by atoms with Gasteiger partial charge in [-0.2, -0.15) is 0 Å². The monoisotopic (exact) mass is 234 g/mol. The number of benzene rings is 1. The number of aryl methyl sites for hydroxylation is 1. The lowest BCUT2D eigenvalue weighted by Crippen LogP contribution is -2.13. The third kappa shape index (κ3) is 2.14. The van der Waals surface area contributed by atoms with Gasteiger partial charge in [0.1, 0.15) is 5.15 Å². The fourth-order valence-electron chi connectivity index (χ4n) is 1.62. The number of primary amides is 1. The van der Waals surface area contributed by atoms with Crippen LogP contribution < -0.4 is 5.73 Å². The van der Waals surface area contributed by atoms with E-state index in [2.05, 4.69) is 4.98 Å². The van der Waals surface area contributed by atoms with Crippen LogP contribution >= 0.6 is 11.6 Å². The molecule has 16 heavy (non-hydrogen) atoms. The van der Waals surface area contributed by atoms with Gasteiger partial charge in [-0.15, -0.1) is 0 Å². The van der Waals surface area contributed by atoms with E-state index in [-0.39, 0.29) is 12.3 Å². The number of carbonyl (C=O) groups is 1. The van der Waals surface area contributed by atoms with Crippen LogP contribution in [0.1, 0.15) is 11.1 Å². The number of hydrogen-bond acceptors (Lipinski definition) is 2. The van der Waals surface area contributed by atoms with Crippen molar-refractivity contribution < 1.29 is 4.79 Å². The summed E-state index contributed by atoms with van der Waals surface area (Å²) in [6, 6.07) is 7.55. The highest BCUT2D eigenvalue weighted by Gasteiger charge is 2.03. The Labute approximate surface area is 98.2 Å². The molecule has 1 amide bonds. The Kier molecular flexibility index (Phi) is 2.79. The quantitative estimate of drug-likeness (QED) is 0.810. The zero-order valence-electron chi connectivity index (χ0n) is 8.83. The van der Waals surface area contributed by atoms with E-state index >= 15 is 0 Å². The summed E-state index contributed by atoms with van der Waals surface area (Å²) in [7, 11) is 0. The summed E-state index contributed by atoms with van der Waals surface area (Å²) in [5.41, 5.74) is 7.78. The standard InChI is InChI=1S/C12H11ClN2O/c1-7-4-9-5-8(6-11(14)16)2-3-10(9)15-12(7)13/h2-5H,6H2,1H3,(H2,14,16). The zero-order chi connectivity index (χ0) is 11.7. The SMILES string of the molecule is Cc1cc2cc(CC(N)=O)ccc2nc1Cl. The van der Waals surface area contributed by atoms with Gasteiger partial charge in [-0.05, 0) is 36.2 Å². The van der Waals surface area contributed by atoms with Gasteiger partial charge in [0.05, 0.1) is 11.9 Å². The lowest BCUT2D eigenvalue weighted by Gasteiger charge is -2.03. The molecule has 0 aliphatic heterocycles. The Morgan fingerprint density at radius 2 is 2.19 bits per heavy atom. The molecule has 2 rings (SSSR count). The summed E-state index contributed by atoms with van der Waals surface area (Å²) in [6.45, 7) is 1.90. The van der Waals surface area contributed by atoms with E-state index in [1.54, 1.807) is 0 Å². The van der Waals surface area contributed by atoms with Crippen LogP contribution in [0.4, 0.5) is 0 Å². The highest BCUT2D eigenvalue weighted by atomic mass is 35.5. The van der Waals surface area contributed by atoms with Crippen LogP contribution in [0.25, 0.3) is 10.9 Å². The molecular formula is C12H11ClN2O. The van der Waals surface area contributed by atoms with Crippen LogP contribution in [-0.2, 0) is 11.2 Å². The van der Waals surface area contributed by atoms with Gasteiger partial charge in [0.15, 0.2) is 0 Å². The third-order valence-corrected chi connectivity index (χ3v) is 2.77. The number of aromatic nitrogens is 1. The van der Waals surface area contributed by atoms with Crippen LogP contribution in [0.15, 0.2) is 24.3 Å². The summed E-state index contributed by atoms with van der Waals surface area (Å²) in [5, 5.41) is 1.48. The second kappa shape index (κ2) is 4.10. The van der Waals surface area contributed by atoms with Gasteiger partial charge in [0, 0.05) is 5.39 Å². The number of hydrogen-bond donors (Lipinski definition) is 1. The number of amides is 1. The number of fused-ring (bicyclic) bond motifs is 1. The normalized spacial score (nSPS) is 10.6. The molecule has 1 heterocycles. The molecule has 0 bridgehead atoms. The maximum atomic E-state index is 10.8. The van der Waals surface area contributed by atoms with E-state index in [0.29, 0.717) is 5.15 Å². The average molecular weight is 235 g/mol. The molecule has 0 aliphatic rings. The van der Waals surface area contributed by atoms with E-state index in [4.69, 9.17) is 17.3 Å². The zero-order valence-corrected chi connectivity index (χ0v) is 9.58. The number of pyridine rings is 1. The molecule has 0 saturated carbocycles. The summed E-state index contributed by atoms with van der Waals surface area (Å²) in [4.78, 5) is 15.1. The summed E-state index contributed by atoms with van der Waals surface area (Å²) < 4.78 is 0. The molecule has 1 aromatic heterocycles. The Bertz CT molecular complexity index is 566. The predicted molar refractivity (Wildman–Crippen MR) is 64.4 cm³/mol. The molecule has 1 aromatic carbocycles. The first-order valence-electron chi connectivity index (χ1n) is 4.90. The Morgan fingerprint density at radius 3 is 2.88 bits per heavy atom. The van der Waals surface area contributed by atoms with Gasteiger partial charge in [-0.1, -0.05) is 17.7 Å². The van der Waals surface area contributed by atoms with Crippen molar-refractivity contribution in [2.45, 2.75) is 13.3 Å². The summed E-state index contributed by atoms with van der Waals surface area (Å²) in [5.74, 6) is -0.335. The van der Waals surface area contributed by atoms with Gasteiger partial charge >= 0.3 is 0 Å². The lowest BCUT2D eigenvalue weighted by molar-refractivity contribution is -0.117. The van der Waals surface area contributed by atoms with Crippen molar-refractivity contribution in [3.63, 3.8) is 0 Å². The molecule has 2 N–H and O–H groups in total. The largest absolute Gasteiger partial charge is 0.369 e. The van der Waals surface area contributed by atoms with Gasteiger partial charge in [-0.3, -0.25) is 4.79 Å². The van der Waals surface area contributed by atoms with Gasteiger partial charge in [0.25, 0.3) is 0 Å². The molecule has 0 unspecified atom stereocenters. The second-order valence-electron chi connectivity index (χ2n) is 3.77. The molecule has 0 spiro atoms. The van der Waals surface area contributed by atoms with Crippen molar-refractivity contribution in [1.82, 2.24) is 4.98 Å². The van der Waals surface area contributed by atoms with E-state index in [1.165, 1.54) is 0 Å². The molecular weight excluding hydrogens is 224 g/mol. The average Bonchev–Trinajstić information content (AvgIpc) is 2.19. The van der Waals surface area contributed by atoms with Crippen LogP contribution in [-0.4, -0.2) is 10.9 Å². The van der Waals surface area contributed by atoms with E-state index in [9.17, 15) is 4.79 Å². The number of rotatable bonds is 2. The topological polar surface area (TPSA) is 56.0 Å². The maximum Gasteiger partial charge on any atom is 0.221 e. The van der Waals surface area contributed by atoms with E-state index < -0.39 is 0 Å². The number of nitrogens with two attached hydrogens (primary N) is 1. The smallest absolute Gasteiger partial charge is 0.221 e. The van der Waals surface area contributed by atoms with Crippen molar-refractivity contribution >= 4 is 28.4 Å². The van der Waals surface area contributed by atoms with Crippen LogP contribution in [0.2, 0.25) is 5.15 Å². The van der Waals surface area contributed by atoms with Gasteiger partial charge in [-0.25, -0.2) is 4.98 Å².